The smallest absolute Gasteiger partial charge is 0.266 e. The monoisotopic (exact) mass is 303 g/mol. The Morgan fingerprint density at radius 3 is 2.83 bits per heavy atom. The summed E-state index contributed by atoms with van der Waals surface area (Å²) in [5.41, 5.74) is 1.64. The van der Waals surface area contributed by atoms with Gasteiger partial charge in [0.15, 0.2) is 0 Å². The molecule has 0 aliphatic carbocycles. The normalized spacial score (nSPS) is 10.9. The van der Waals surface area contributed by atoms with E-state index in [0.29, 0.717) is 17.5 Å². The van der Waals surface area contributed by atoms with Crippen LogP contribution in [0, 0.1) is 0 Å². The molecule has 0 atom stereocenters. The summed E-state index contributed by atoms with van der Waals surface area (Å²) < 4.78 is 5.54. The minimum absolute atomic E-state index is 0.469. The lowest BCUT2D eigenvalue weighted by Gasteiger charge is -1.98. The lowest BCUT2D eigenvalue weighted by molar-refractivity contribution is 0.513. The highest BCUT2D eigenvalue weighted by atomic mass is 79.9. The SMILES string of the molecule is BrCCc1nnc(-c2ccc3ccccc3n2)o1. The first kappa shape index (κ1) is 11.3. The summed E-state index contributed by atoms with van der Waals surface area (Å²) in [7, 11) is 0. The van der Waals surface area contributed by atoms with Crippen LogP contribution in [-0.2, 0) is 6.42 Å². The van der Waals surface area contributed by atoms with Crippen LogP contribution in [0.15, 0.2) is 40.8 Å². The van der Waals surface area contributed by atoms with Gasteiger partial charge in [0.25, 0.3) is 5.89 Å². The standard InChI is InChI=1S/C13H10BrN3O/c14-8-7-12-16-17-13(18-12)11-6-5-9-3-1-2-4-10(9)15-11/h1-6H,7-8H2. The molecule has 0 spiro atoms. The van der Waals surface area contributed by atoms with Gasteiger partial charge in [0.05, 0.1) is 5.52 Å². The molecule has 0 radical (unpaired) electrons. The number of aryl methyl sites for hydroxylation is 1. The van der Waals surface area contributed by atoms with Crippen LogP contribution < -0.4 is 0 Å². The van der Waals surface area contributed by atoms with E-state index in [4.69, 9.17) is 4.42 Å². The van der Waals surface area contributed by atoms with Crippen LogP contribution in [0.2, 0.25) is 0 Å². The van der Waals surface area contributed by atoms with Gasteiger partial charge in [0.2, 0.25) is 5.89 Å². The van der Waals surface area contributed by atoms with Crippen LogP contribution in [0.4, 0.5) is 0 Å². The Hall–Kier alpha value is -1.75. The molecule has 0 saturated carbocycles. The number of fused-ring (bicyclic) bond motifs is 1. The second-order valence-electron chi connectivity index (χ2n) is 3.83. The Morgan fingerprint density at radius 1 is 1.06 bits per heavy atom. The molecule has 90 valence electrons. The first-order valence-corrected chi connectivity index (χ1v) is 6.73. The molecule has 4 nitrogen and oxygen atoms in total. The van der Waals surface area contributed by atoms with Gasteiger partial charge in [0.1, 0.15) is 5.69 Å². The average Bonchev–Trinajstić information content (AvgIpc) is 2.87. The highest BCUT2D eigenvalue weighted by molar-refractivity contribution is 9.09. The van der Waals surface area contributed by atoms with Crippen molar-refractivity contribution in [1.82, 2.24) is 15.2 Å². The molecule has 0 saturated heterocycles. The largest absolute Gasteiger partial charge is 0.419 e. The number of nitrogens with zero attached hydrogens (tertiary/aromatic N) is 3. The van der Waals surface area contributed by atoms with Crippen molar-refractivity contribution in [3.05, 3.63) is 42.3 Å². The number of rotatable bonds is 3. The maximum Gasteiger partial charge on any atom is 0.266 e. The summed E-state index contributed by atoms with van der Waals surface area (Å²) in [6.45, 7) is 0. The number of hydrogen-bond donors (Lipinski definition) is 0. The van der Waals surface area contributed by atoms with E-state index in [1.165, 1.54) is 0 Å². The number of pyridine rings is 1. The number of aromatic nitrogens is 3. The molecule has 5 heteroatoms. The van der Waals surface area contributed by atoms with Crippen molar-refractivity contribution in [3.8, 4) is 11.6 Å². The zero-order chi connectivity index (χ0) is 12.4. The minimum atomic E-state index is 0.469. The third kappa shape index (κ3) is 2.13. The lowest BCUT2D eigenvalue weighted by atomic mass is 10.2. The van der Waals surface area contributed by atoms with Crippen molar-refractivity contribution in [1.29, 1.82) is 0 Å². The van der Waals surface area contributed by atoms with Gasteiger partial charge in [-0.2, -0.15) is 0 Å². The van der Waals surface area contributed by atoms with Crippen LogP contribution in [0.25, 0.3) is 22.5 Å². The second kappa shape index (κ2) is 4.86. The molecule has 2 heterocycles. The second-order valence-corrected chi connectivity index (χ2v) is 4.62. The number of benzene rings is 1. The molecular weight excluding hydrogens is 294 g/mol. The van der Waals surface area contributed by atoms with Crippen molar-refractivity contribution >= 4 is 26.8 Å². The summed E-state index contributed by atoms with van der Waals surface area (Å²) in [4.78, 5) is 4.51. The van der Waals surface area contributed by atoms with Gasteiger partial charge in [-0.3, -0.25) is 0 Å². The Balaban J connectivity index is 2.02. The summed E-state index contributed by atoms with van der Waals surface area (Å²) >= 11 is 3.34. The number of halogens is 1. The minimum Gasteiger partial charge on any atom is -0.419 e. The van der Waals surface area contributed by atoms with Gasteiger partial charge in [-0.15, -0.1) is 10.2 Å². The average molecular weight is 304 g/mol. The van der Waals surface area contributed by atoms with E-state index in [2.05, 4.69) is 31.1 Å². The molecule has 3 rings (SSSR count). The first-order chi connectivity index (χ1) is 8.86. The maximum absolute atomic E-state index is 5.54. The van der Waals surface area contributed by atoms with Crippen molar-refractivity contribution < 1.29 is 4.42 Å². The Morgan fingerprint density at radius 2 is 1.94 bits per heavy atom. The summed E-state index contributed by atoms with van der Waals surface area (Å²) in [6, 6.07) is 11.8. The van der Waals surface area contributed by atoms with Crippen LogP contribution in [0.5, 0.6) is 0 Å². The van der Waals surface area contributed by atoms with Crippen LogP contribution in [-0.4, -0.2) is 20.5 Å². The molecule has 0 amide bonds. The molecule has 0 fully saturated rings. The van der Waals surface area contributed by atoms with Crippen molar-refractivity contribution in [2.24, 2.45) is 0 Å². The third-order valence-corrected chi connectivity index (χ3v) is 2.99. The zero-order valence-corrected chi connectivity index (χ0v) is 11.1. The van der Waals surface area contributed by atoms with Crippen molar-refractivity contribution in [2.75, 3.05) is 5.33 Å². The first-order valence-electron chi connectivity index (χ1n) is 5.61. The fraction of sp³-hybridized carbons (Fsp3) is 0.154. The van der Waals surface area contributed by atoms with Gasteiger partial charge < -0.3 is 4.42 Å². The molecule has 0 bridgehead atoms. The van der Waals surface area contributed by atoms with Crippen molar-refractivity contribution in [2.45, 2.75) is 6.42 Å². The van der Waals surface area contributed by atoms with E-state index >= 15 is 0 Å². The van der Waals surface area contributed by atoms with Gasteiger partial charge in [-0.05, 0) is 12.1 Å². The summed E-state index contributed by atoms with van der Waals surface area (Å²) in [5.74, 6) is 1.09. The number of para-hydroxylation sites is 1. The van der Waals surface area contributed by atoms with E-state index < -0.39 is 0 Å². The highest BCUT2D eigenvalue weighted by Gasteiger charge is 2.09. The molecule has 18 heavy (non-hydrogen) atoms. The third-order valence-electron chi connectivity index (χ3n) is 2.59. The molecule has 0 N–H and O–H groups in total. The van der Waals surface area contributed by atoms with Gasteiger partial charge in [-0.25, -0.2) is 4.98 Å². The fourth-order valence-corrected chi connectivity index (χ4v) is 2.06. The van der Waals surface area contributed by atoms with Crippen LogP contribution in [0.1, 0.15) is 5.89 Å². The molecule has 0 aliphatic heterocycles. The number of hydrogen-bond acceptors (Lipinski definition) is 4. The zero-order valence-electron chi connectivity index (χ0n) is 9.51. The molecule has 2 aromatic heterocycles. The van der Waals surface area contributed by atoms with Gasteiger partial charge in [0, 0.05) is 17.1 Å². The van der Waals surface area contributed by atoms with Crippen LogP contribution >= 0.6 is 15.9 Å². The van der Waals surface area contributed by atoms with E-state index in [1.807, 2.05) is 36.4 Å². The molecular formula is C13H10BrN3O. The van der Waals surface area contributed by atoms with E-state index in [9.17, 15) is 0 Å². The van der Waals surface area contributed by atoms with E-state index in [-0.39, 0.29) is 0 Å². The Bertz CT molecular complexity index is 681. The Kier molecular flexibility index (Phi) is 3.06. The maximum atomic E-state index is 5.54. The molecule has 1 aromatic carbocycles. The molecule has 0 aliphatic rings. The van der Waals surface area contributed by atoms with Crippen molar-refractivity contribution in [3.63, 3.8) is 0 Å². The summed E-state index contributed by atoms with van der Waals surface area (Å²) in [6.07, 6.45) is 0.723. The van der Waals surface area contributed by atoms with Gasteiger partial charge in [-0.1, -0.05) is 40.2 Å². The quantitative estimate of drug-likeness (QED) is 0.697. The predicted octanol–water partition coefficient (Wildman–Crippen LogP) is 3.22. The molecule has 3 aromatic rings. The topological polar surface area (TPSA) is 51.8 Å². The Labute approximate surface area is 112 Å². The molecule has 0 unspecified atom stereocenters. The summed E-state index contributed by atoms with van der Waals surface area (Å²) in [5, 5.41) is 9.89. The highest BCUT2D eigenvalue weighted by Crippen LogP contribution is 2.19. The van der Waals surface area contributed by atoms with Gasteiger partial charge >= 0.3 is 0 Å². The fourth-order valence-electron chi connectivity index (χ4n) is 1.72. The lowest BCUT2D eigenvalue weighted by Crippen LogP contribution is -1.85. The predicted molar refractivity (Wildman–Crippen MR) is 72.5 cm³/mol. The van der Waals surface area contributed by atoms with E-state index in [1.54, 1.807) is 0 Å². The van der Waals surface area contributed by atoms with E-state index in [0.717, 1.165) is 22.7 Å². The van der Waals surface area contributed by atoms with Crippen LogP contribution in [0.3, 0.4) is 0 Å². The number of alkyl halides is 1.